The van der Waals surface area contributed by atoms with E-state index in [1.807, 2.05) is 0 Å². The van der Waals surface area contributed by atoms with Gasteiger partial charge in [-0.2, -0.15) is 0 Å². The van der Waals surface area contributed by atoms with Gasteiger partial charge in [0.2, 0.25) is 0 Å². The number of methoxy groups -OCH3 is 1. The normalized spacial score (nSPS) is 25.9. The third-order valence-corrected chi connectivity index (χ3v) is 4.66. The van der Waals surface area contributed by atoms with Crippen molar-refractivity contribution in [2.75, 3.05) is 20.3 Å². The summed E-state index contributed by atoms with van der Waals surface area (Å²) >= 11 is 0. The van der Waals surface area contributed by atoms with Crippen LogP contribution in [0, 0.1) is 0 Å². The maximum Gasteiger partial charge on any atom is 0.331 e. The van der Waals surface area contributed by atoms with Crippen LogP contribution >= 0.6 is 0 Å². The molecule has 178 valence electrons. The molecule has 0 bridgehead atoms. The quantitative estimate of drug-likeness (QED) is 0.118. The van der Waals surface area contributed by atoms with Crippen LogP contribution in [-0.4, -0.2) is 106 Å². The van der Waals surface area contributed by atoms with Crippen molar-refractivity contribution in [3.05, 3.63) is 29.8 Å². The van der Waals surface area contributed by atoms with Crippen LogP contribution in [0.5, 0.6) is 11.5 Å². The lowest BCUT2D eigenvalue weighted by molar-refractivity contribution is -0.201. The third-order valence-electron chi connectivity index (χ3n) is 4.66. The van der Waals surface area contributed by atoms with Gasteiger partial charge in [0.05, 0.1) is 20.3 Å². The summed E-state index contributed by atoms with van der Waals surface area (Å²) in [5, 5.41) is 57.8. The van der Waals surface area contributed by atoms with Gasteiger partial charge < -0.3 is 54.4 Å². The molecule has 0 aromatic heterocycles. The molecular weight excluding hydrogens is 432 g/mol. The van der Waals surface area contributed by atoms with E-state index in [2.05, 4.69) is 0 Å². The Labute approximate surface area is 182 Å². The Kier molecular flexibility index (Phi) is 9.53. The monoisotopic (exact) mass is 458 g/mol. The van der Waals surface area contributed by atoms with Crippen molar-refractivity contribution in [1.29, 1.82) is 0 Å². The molecule has 1 aromatic rings. The van der Waals surface area contributed by atoms with Gasteiger partial charge in [-0.25, -0.2) is 4.79 Å². The molecule has 1 aliphatic rings. The Bertz CT molecular complexity index is 797. The molecule has 1 fully saturated rings. The first-order valence-corrected chi connectivity index (χ1v) is 9.53. The Morgan fingerprint density at radius 3 is 2.62 bits per heavy atom. The highest BCUT2D eigenvalue weighted by Gasteiger charge is 2.47. The number of aldehydes is 1. The number of carbonyl (C=O) groups is 2. The highest BCUT2D eigenvalue weighted by molar-refractivity contribution is 5.87. The molecular formula is C20H26O12. The first kappa shape index (κ1) is 25.7. The topological polar surface area (TPSA) is 192 Å². The summed E-state index contributed by atoms with van der Waals surface area (Å²) in [6.45, 7) is -1.26. The predicted molar refractivity (Wildman–Crippen MR) is 105 cm³/mol. The number of hydrogen-bond acceptors (Lipinski definition) is 12. The van der Waals surface area contributed by atoms with E-state index < -0.39 is 62.1 Å². The van der Waals surface area contributed by atoms with E-state index in [1.165, 1.54) is 31.4 Å². The molecule has 1 aromatic carbocycles. The van der Waals surface area contributed by atoms with Crippen molar-refractivity contribution in [2.24, 2.45) is 0 Å². The van der Waals surface area contributed by atoms with Crippen molar-refractivity contribution in [3.63, 3.8) is 0 Å². The number of carbonyl (C=O) groups excluding carboxylic acids is 2. The maximum atomic E-state index is 12.2. The maximum absolute atomic E-state index is 12.2. The summed E-state index contributed by atoms with van der Waals surface area (Å²) in [6, 6.07) is 4.36. The van der Waals surface area contributed by atoms with Gasteiger partial charge in [0.15, 0.2) is 30.2 Å². The van der Waals surface area contributed by atoms with Crippen molar-refractivity contribution < 1.29 is 59.2 Å². The molecule has 1 saturated heterocycles. The molecule has 0 spiro atoms. The Morgan fingerprint density at radius 1 is 1.28 bits per heavy atom. The van der Waals surface area contributed by atoms with E-state index in [-0.39, 0.29) is 17.8 Å². The fourth-order valence-electron chi connectivity index (χ4n) is 2.85. The first-order valence-electron chi connectivity index (χ1n) is 9.53. The lowest BCUT2D eigenvalue weighted by Crippen LogP contribution is -2.43. The summed E-state index contributed by atoms with van der Waals surface area (Å²) in [5.41, 5.74) is 0.506. The number of benzene rings is 1. The molecule has 0 radical (unpaired) electrons. The summed E-state index contributed by atoms with van der Waals surface area (Å²) in [7, 11) is 1.37. The number of rotatable bonds is 11. The van der Waals surface area contributed by atoms with Crippen molar-refractivity contribution in [1.82, 2.24) is 0 Å². The van der Waals surface area contributed by atoms with Crippen molar-refractivity contribution in [2.45, 2.75) is 42.9 Å². The van der Waals surface area contributed by atoms with Crippen LogP contribution in [0.15, 0.2) is 24.3 Å². The minimum absolute atomic E-state index is 0.0338. The van der Waals surface area contributed by atoms with E-state index in [4.69, 9.17) is 18.9 Å². The number of phenolic OH excluding ortho intramolecular Hbond substituents is 1. The van der Waals surface area contributed by atoms with Gasteiger partial charge in [0.1, 0.15) is 30.5 Å². The number of aromatic hydroxyl groups is 1. The van der Waals surface area contributed by atoms with Crippen LogP contribution in [-0.2, 0) is 23.8 Å². The second-order valence-corrected chi connectivity index (χ2v) is 6.90. The average Bonchev–Trinajstić information content (AvgIpc) is 3.10. The Morgan fingerprint density at radius 2 is 2.00 bits per heavy atom. The molecule has 2 rings (SSSR count). The van der Waals surface area contributed by atoms with Crippen molar-refractivity contribution in [3.8, 4) is 11.5 Å². The zero-order valence-corrected chi connectivity index (χ0v) is 17.1. The summed E-state index contributed by atoms with van der Waals surface area (Å²) in [6.07, 6.45) is -8.33. The molecule has 0 amide bonds. The molecule has 0 aliphatic carbocycles. The van der Waals surface area contributed by atoms with Crippen LogP contribution in [0.3, 0.4) is 0 Å². The molecule has 7 atom stereocenters. The van der Waals surface area contributed by atoms with Gasteiger partial charge in [0, 0.05) is 6.08 Å². The van der Waals surface area contributed by atoms with Gasteiger partial charge in [0.25, 0.3) is 0 Å². The molecule has 12 nitrogen and oxygen atoms in total. The molecule has 0 saturated carbocycles. The summed E-state index contributed by atoms with van der Waals surface area (Å²) in [4.78, 5) is 22.7. The lowest BCUT2D eigenvalue weighted by atomic mass is 10.1. The molecule has 0 unspecified atom stereocenters. The van der Waals surface area contributed by atoms with E-state index in [9.17, 15) is 40.2 Å². The predicted octanol–water partition coefficient (Wildman–Crippen LogP) is -2.30. The molecule has 6 N–H and O–H groups in total. The zero-order valence-electron chi connectivity index (χ0n) is 17.1. The van der Waals surface area contributed by atoms with Crippen LogP contribution in [0.4, 0.5) is 0 Å². The number of hydrogen-bond donors (Lipinski definition) is 6. The highest BCUT2D eigenvalue weighted by atomic mass is 16.7. The molecule has 1 heterocycles. The Hall–Kier alpha value is -2.58. The zero-order chi connectivity index (χ0) is 23.8. The van der Waals surface area contributed by atoms with E-state index in [0.29, 0.717) is 5.56 Å². The summed E-state index contributed by atoms with van der Waals surface area (Å²) < 4.78 is 20.6. The standard InChI is InChI=1S/C20H26O12/c1-29-14-6-10(2-4-11(14)23)3-5-16(26)32-19-18(28)15(8-22)31-20(19)30-9-13(25)17(27)12(24)7-21/h2-7,12-13,15,17-20,22-25,27-28H,8-9H2,1H3/b5-3+/t12-,13-,15-,17+,18-,19+,20+/m0/s1. The van der Waals surface area contributed by atoms with Gasteiger partial charge in [-0.1, -0.05) is 6.07 Å². The fourth-order valence-corrected chi connectivity index (χ4v) is 2.85. The van der Waals surface area contributed by atoms with Crippen molar-refractivity contribution >= 4 is 18.3 Å². The number of aliphatic hydroxyl groups excluding tert-OH is 5. The number of esters is 1. The molecule has 1 aliphatic heterocycles. The molecule has 12 heteroatoms. The summed E-state index contributed by atoms with van der Waals surface area (Å²) in [5.74, 6) is -0.782. The number of ether oxygens (including phenoxy) is 4. The van der Waals surface area contributed by atoms with E-state index in [0.717, 1.165) is 6.08 Å². The minimum Gasteiger partial charge on any atom is -0.504 e. The largest absolute Gasteiger partial charge is 0.504 e. The van der Waals surface area contributed by atoms with Gasteiger partial charge in [-0.15, -0.1) is 0 Å². The van der Waals surface area contributed by atoms with E-state index in [1.54, 1.807) is 0 Å². The average molecular weight is 458 g/mol. The minimum atomic E-state index is -1.84. The second-order valence-electron chi connectivity index (χ2n) is 6.90. The highest BCUT2D eigenvalue weighted by Crippen LogP contribution is 2.27. The fraction of sp³-hybridized carbons (Fsp3) is 0.500. The lowest BCUT2D eigenvalue weighted by Gasteiger charge is -2.24. The van der Waals surface area contributed by atoms with Gasteiger partial charge >= 0.3 is 5.97 Å². The van der Waals surface area contributed by atoms with Gasteiger partial charge in [-0.05, 0) is 23.8 Å². The molecule has 32 heavy (non-hydrogen) atoms. The van der Waals surface area contributed by atoms with Crippen LogP contribution in [0.2, 0.25) is 0 Å². The van der Waals surface area contributed by atoms with Crippen LogP contribution in [0.1, 0.15) is 5.56 Å². The third kappa shape index (κ3) is 6.46. The smallest absolute Gasteiger partial charge is 0.331 e. The number of phenols is 1. The Balaban J connectivity index is 2.02. The van der Waals surface area contributed by atoms with E-state index >= 15 is 0 Å². The number of aliphatic hydroxyl groups is 5. The van der Waals surface area contributed by atoms with Crippen LogP contribution in [0.25, 0.3) is 6.08 Å². The van der Waals surface area contributed by atoms with Crippen LogP contribution < -0.4 is 4.74 Å². The second kappa shape index (κ2) is 11.9. The van der Waals surface area contributed by atoms with Gasteiger partial charge in [-0.3, -0.25) is 0 Å². The SMILES string of the molecule is COc1cc(/C=C/C(=O)O[C@H]2[C@H](OC[C@H](O)[C@H](O)[C@@H](O)C=O)O[C@@H](CO)[C@@H]2O)ccc1O. The first-order chi connectivity index (χ1) is 15.2.